The number of carbonyl (C=O) groups is 2. The zero-order valence-corrected chi connectivity index (χ0v) is 21.9. The van der Waals surface area contributed by atoms with Gasteiger partial charge < -0.3 is 10.2 Å². The van der Waals surface area contributed by atoms with Gasteiger partial charge in [0.15, 0.2) is 0 Å². The van der Waals surface area contributed by atoms with Crippen molar-refractivity contribution in [1.29, 1.82) is 0 Å². The molecule has 192 valence electrons. The highest BCUT2D eigenvalue weighted by atomic mass is 35.5. The minimum Gasteiger partial charge on any atom is -0.354 e. The van der Waals surface area contributed by atoms with Crippen LogP contribution < -0.4 is 9.62 Å². The number of nitrogens with one attached hydrogen (secondary N) is 1. The van der Waals surface area contributed by atoms with Crippen LogP contribution in [0, 0.1) is 5.82 Å². The summed E-state index contributed by atoms with van der Waals surface area (Å²) >= 11 is 6.32. The molecule has 7 nitrogen and oxygen atoms in total. The number of benzene rings is 2. The molecule has 0 aromatic heterocycles. The van der Waals surface area contributed by atoms with Gasteiger partial charge >= 0.3 is 0 Å². The Morgan fingerprint density at radius 1 is 1.09 bits per heavy atom. The van der Waals surface area contributed by atoms with Crippen LogP contribution in [0.5, 0.6) is 0 Å². The maximum atomic E-state index is 13.3. The molecule has 0 fully saturated rings. The Hall–Kier alpha value is -2.65. The molecule has 10 heteroatoms. The number of amides is 2. The average molecular weight is 526 g/mol. The molecule has 2 aromatic carbocycles. The fourth-order valence-electron chi connectivity index (χ4n) is 3.71. The second-order valence-corrected chi connectivity index (χ2v) is 10.6. The lowest BCUT2D eigenvalue weighted by Crippen LogP contribution is -2.49. The topological polar surface area (TPSA) is 86.8 Å². The quantitative estimate of drug-likeness (QED) is 0.421. The molecule has 0 heterocycles. The van der Waals surface area contributed by atoms with Crippen molar-refractivity contribution in [3.63, 3.8) is 0 Å². The van der Waals surface area contributed by atoms with Gasteiger partial charge in [0.2, 0.25) is 21.8 Å². The van der Waals surface area contributed by atoms with E-state index in [0.29, 0.717) is 29.2 Å². The first-order chi connectivity index (χ1) is 16.6. The molecule has 1 atom stereocenters. The summed E-state index contributed by atoms with van der Waals surface area (Å²) in [4.78, 5) is 27.7. The summed E-state index contributed by atoms with van der Waals surface area (Å²) in [5, 5.41) is 3.35. The number of halogens is 2. The summed E-state index contributed by atoms with van der Waals surface area (Å²) in [5.74, 6) is -0.991. The molecule has 2 amide bonds. The van der Waals surface area contributed by atoms with E-state index in [4.69, 9.17) is 11.6 Å². The van der Waals surface area contributed by atoms with Crippen molar-refractivity contribution in [2.45, 2.75) is 52.1 Å². The normalized spacial score (nSPS) is 12.1. The molecule has 0 unspecified atom stereocenters. The average Bonchev–Trinajstić information content (AvgIpc) is 2.81. The summed E-state index contributed by atoms with van der Waals surface area (Å²) in [6, 6.07) is 11.6. The molecule has 0 aliphatic rings. The van der Waals surface area contributed by atoms with Crippen LogP contribution in [0.4, 0.5) is 10.1 Å². The van der Waals surface area contributed by atoms with Crippen LogP contribution in [0.1, 0.15) is 45.1 Å². The zero-order valence-electron chi connectivity index (χ0n) is 20.3. The highest BCUT2D eigenvalue weighted by Gasteiger charge is 2.29. The molecule has 0 spiro atoms. The molecule has 35 heavy (non-hydrogen) atoms. The molecule has 2 aromatic rings. The first-order valence-corrected chi connectivity index (χ1v) is 13.8. The zero-order chi connectivity index (χ0) is 26.0. The van der Waals surface area contributed by atoms with Gasteiger partial charge in [0.25, 0.3) is 0 Å². The molecule has 0 aliphatic carbocycles. The second kappa shape index (κ2) is 13.4. The molecule has 0 aliphatic heterocycles. The van der Waals surface area contributed by atoms with Crippen molar-refractivity contribution in [1.82, 2.24) is 10.2 Å². The van der Waals surface area contributed by atoms with Gasteiger partial charge in [0.1, 0.15) is 11.9 Å². The fourth-order valence-corrected chi connectivity index (χ4v) is 4.87. The number of rotatable bonds is 13. The monoisotopic (exact) mass is 525 g/mol. The lowest BCUT2D eigenvalue weighted by molar-refractivity contribution is -0.141. The van der Waals surface area contributed by atoms with Crippen LogP contribution >= 0.6 is 11.6 Å². The largest absolute Gasteiger partial charge is 0.354 e. The molecule has 0 bridgehead atoms. The van der Waals surface area contributed by atoms with E-state index in [9.17, 15) is 22.4 Å². The molecular formula is C25H33ClFN3O4S. The summed E-state index contributed by atoms with van der Waals surface area (Å²) < 4.78 is 39.1. The number of hydrogen-bond donors (Lipinski definition) is 1. The van der Waals surface area contributed by atoms with E-state index in [1.54, 1.807) is 18.2 Å². The first kappa shape index (κ1) is 28.6. The van der Waals surface area contributed by atoms with Gasteiger partial charge in [-0.2, -0.15) is 0 Å². The van der Waals surface area contributed by atoms with Crippen molar-refractivity contribution < 1.29 is 22.4 Å². The molecule has 0 saturated carbocycles. The third-order valence-electron chi connectivity index (χ3n) is 5.50. The number of hydrogen-bond acceptors (Lipinski definition) is 4. The van der Waals surface area contributed by atoms with E-state index in [-0.39, 0.29) is 37.7 Å². The predicted octanol–water partition coefficient (Wildman–Crippen LogP) is 4.36. The first-order valence-electron chi connectivity index (χ1n) is 11.6. The van der Waals surface area contributed by atoms with E-state index in [2.05, 4.69) is 5.32 Å². The van der Waals surface area contributed by atoms with Crippen molar-refractivity contribution in [2.24, 2.45) is 0 Å². The van der Waals surface area contributed by atoms with E-state index in [0.717, 1.165) is 17.0 Å². The van der Waals surface area contributed by atoms with E-state index in [1.807, 2.05) is 19.9 Å². The van der Waals surface area contributed by atoms with Crippen LogP contribution in [0.2, 0.25) is 5.02 Å². The highest BCUT2D eigenvalue weighted by molar-refractivity contribution is 7.92. The number of anilines is 1. The predicted molar refractivity (Wildman–Crippen MR) is 137 cm³/mol. The number of sulfonamides is 1. The number of carbonyl (C=O) groups excluding carboxylic acids is 2. The Bertz CT molecular complexity index is 1100. The van der Waals surface area contributed by atoms with Crippen LogP contribution in [0.15, 0.2) is 48.5 Å². The van der Waals surface area contributed by atoms with Crippen LogP contribution in [0.25, 0.3) is 0 Å². The van der Waals surface area contributed by atoms with Crippen LogP contribution in [-0.4, -0.2) is 50.5 Å². The number of nitrogens with zero attached hydrogens (tertiary/aromatic N) is 2. The lowest BCUT2D eigenvalue weighted by Gasteiger charge is -2.31. The van der Waals surface area contributed by atoms with Gasteiger partial charge in [-0.25, -0.2) is 12.8 Å². The Kier molecular flexibility index (Phi) is 11.0. The maximum Gasteiger partial charge on any atom is 0.242 e. The molecular weight excluding hydrogens is 493 g/mol. The van der Waals surface area contributed by atoms with Gasteiger partial charge in [0.05, 0.1) is 11.9 Å². The Morgan fingerprint density at radius 3 is 2.31 bits per heavy atom. The second-order valence-electron chi connectivity index (χ2n) is 8.24. The van der Waals surface area contributed by atoms with Gasteiger partial charge in [-0.3, -0.25) is 13.9 Å². The van der Waals surface area contributed by atoms with Gasteiger partial charge in [-0.05, 0) is 55.2 Å². The van der Waals surface area contributed by atoms with Crippen molar-refractivity contribution in [2.75, 3.05) is 23.7 Å². The van der Waals surface area contributed by atoms with E-state index >= 15 is 0 Å². The van der Waals surface area contributed by atoms with Crippen LogP contribution in [-0.2, 0) is 26.2 Å². The Labute approximate surface area is 212 Å². The van der Waals surface area contributed by atoms with Crippen molar-refractivity contribution >= 4 is 39.1 Å². The van der Waals surface area contributed by atoms with Crippen molar-refractivity contribution in [3.05, 3.63) is 64.9 Å². The standard InChI is InChI=1S/C25H33ClFN3O4S/c1-4-16-28-25(32)23(5-2)29(18-19-9-6-7-10-22(19)26)24(31)11-8-17-30(35(3,33)34)21-14-12-20(27)13-15-21/h6-7,9-10,12-15,23H,4-5,8,11,16-18H2,1-3H3,(H,28,32)/t23-/m1/s1. The summed E-state index contributed by atoms with van der Waals surface area (Å²) in [5.41, 5.74) is 1.04. The molecule has 2 rings (SSSR count). The fraction of sp³-hybridized carbons (Fsp3) is 0.440. The smallest absolute Gasteiger partial charge is 0.242 e. The maximum absolute atomic E-state index is 13.3. The van der Waals surface area contributed by atoms with E-state index in [1.165, 1.54) is 29.2 Å². The summed E-state index contributed by atoms with van der Waals surface area (Å²) in [7, 11) is -3.64. The molecule has 0 saturated heterocycles. The van der Waals surface area contributed by atoms with E-state index < -0.39 is 21.9 Å². The van der Waals surface area contributed by atoms with Crippen molar-refractivity contribution in [3.8, 4) is 0 Å². The molecule has 0 radical (unpaired) electrons. The minimum atomic E-state index is -3.64. The summed E-state index contributed by atoms with van der Waals surface area (Å²) in [6.07, 6.45) is 2.49. The highest BCUT2D eigenvalue weighted by Crippen LogP contribution is 2.22. The SMILES string of the molecule is CCCNC(=O)[C@@H](CC)N(Cc1ccccc1Cl)C(=O)CCCN(c1ccc(F)cc1)S(C)(=O)=O. The van der Waals surface area contributed by atoms with Gasteiger partial charge in [-0.15, -0.1) is 0 Å². The lowest BCUT2D eigenvalue weighted by atomic mass is 10.1. The minimum absolute atomic E-state index is 0.0230. The molecule has 1 N–H and O–H groups in total. The third kappa shape index (κ3) is 8.50. The third-order valence-corrected chi connectivity index (χ3v) is 7.06. The Morgan fingerprint density at radius 2 is 1.74 bits per heavy atom. The van der Waals surface area contributed by atoms with Crippen LogP contribution in [0.3, 0.4) is 0 Å². The Balaban J connectivity index is 2.20. The summed E-state index contributed by atoms with van der Waals surface area (Å²) in [6.45, 7) is 4.48. The van der Waals surface area contributed by atoms with Gasteiger partial charge in [0, 0.05) is 31.1 Å². The van der Waals surface area contributed by atoms with Gasteiger partial charge in [-0.1, -0.05) is 43.6 Å².